The number of benzene rings is 1. The lowest BCUT2D eigenvalue weighted by Gasteiger charge is -2.20. The standard InChI is InChI=1S/C21H15FN6S/c1-13-10-19(28-8-5-17(26-28)21-24-6-9-29-21)15-4-7-27(20(15)25-13)18-3-2-14(12-23)11-16(18)22/h2-3,5-6,8-11H,4,7H2,1H3. The zero-order valence-corrected chi connectivity index (χ0v) is 16.3. The highest BCUT2D eigenvalue weighted by atomic mass is 32.1. The van der Waals surface area contributed by atoms with Gasteiger partial charge in [-0.1, -0.05) is 0 Å². The summed E-state index contributed by atoms with van der Waals surface area (Å²) < 4.78 is 16.5. The van der Waals surface area contributed by atoms with Crippen LogP contribution in [0.4, 0.5) is 15.9 Å². The fraction of sp³-hybridized carbons (Fsp3) is 0.143. The number of aromatic nitrogens is 4. The molecule has 0 radical (unpaired) electrons. The maximum Gasteiger partial charge on any atom is 0.148 e. The van der Waals surface area contributed by atoms with Gasteiger partial charge in [0.15, 0.2) is 0 Å². The van der Waals surface area contributed by atoms with Crippen molar-refractivity contribution in [3.05, 3.63) is 70.7 Å². The van der Waals surface area contributed by atoms with Crippen molar-refractivity contribution in [1.82, 2.24) is 19.7 Å². The first-order valence-electron chi connectivity index (χ1n) is 9.07. The average Bonchev–Trinajstić information content (AvgIpc) is 3.47. The normalized spacial score (nSPS) is 12.8. The molecule has 0 saturated heterocycles. The van der Waals surface area contributed by atoms with Crippen molar-refractivity contribution in [3.63, 3.8) is 0 Å². The first kappa shape index (κ1) is 17.5. The summed E-state index contributed by atoms with van der Waals surface area (Å²) in [6.07, 6.45) is 4.40. The van der Waals surface area contributed by atoms with Gasteiger partial charge in [-0.25, -0.2) is 19.0 Å². The molecule has 0 unspecified atom stereocenters. The monoisotopic (exact) mass is 402 g/mol. The van der Waals surface area contributed by atoms with Crippen LogP contribution in [0.5, 0.6) is 0 Å². The van der Waals surface area contributed by atoms with E-state index in [4.69, 9.17) is 5.26 Å². The van der Waals surface area contributed by atoms with Gasteiger partial charge in [0.2, 0.25) is 0 Å². The number of halogens is 1. The molecule has 1 aliphatic rings. The van der Waals surface area contributed by atoms with Crippen LogP contribution in [0, 0.1) is 24.1 Å². The van der Waals surface area contributed by atoms with Gasteiger partial charge in [-0.2, -0.15) is 10.4 Å². The largest absolute Gasteiger partial charge is 0.323 e. The van der Waals surface area contributed by atoms with Crippen molar-refractivity contribution in [1.29, 1.82) is 5.26 Å². The molecule has 8 heteroatoms. The zero-order chi connectivity index (χ0) is 20.0. The van der Waals surface area contributed by atoms with E-state index in [9.17, 15) is 4.39 Å². The molecule has 29 heavy (non-hydrogen) atoms. The number of nitriles is 1. The Hall–Kier alpha value is -3.57. The first-order chi connectivity index (χ1) is 14.1. The molecule has 142 valence electrons. The van der Waals surface area contributed by atoms with Crippen LogP contribution in [0.1, 0.15) is 16.8 Å². The van der Waals surface area contributed by atoms with Crippen LogP contribution in [0.3, 0.4) is 0 Å². The number of anilines is 2. The molecule has 5 rings (SSSR count). The Balaban J connectivity index is 1.58. The number of hydrogen-bond acceptors (Lipinski definition) is 6. The summed E-state index contributed by atoms with van der Waals surface area (Å²) in [7, 11) is 0. The molecule has 0 atom stereocenters. The van der Waals surface area contributed by atoms with Crippen LogP contribution >= 0.6 is 11.3 Å². The summed E-state index contributed by atoms with van der Waals surface area (Å²) in [5.41, 5.74) is 4.33. The second-order valence-corrected chi connectivity index (χ2v) is 7.64. The number of rotatable bonds is 3. The van der Waals surface area contributed by atoms with Gasteiger partial charge >= 0.3 is 0 Å². The van der Waals surface area contributed by atoms with Gasteiger partial charge in [0.1, 0.15) is 22.3 Å². The second kappa shape index (κ2) is 6.79. The molecule has 1 aromatic carbocycles. The molecule has 0 saturated carbocycles. The highest BCUT2D eigenvalue weighted by Crippen LogP contribution is 2.38. The third-order valence-corrected chi connectivity index (χ3v) is 5.70. The van der Waals surface area contributed by atoms with Crippen LogP contribution in [0.25, 0.3) is 16.4 Å². The Kier molecular flexibility index (Phi) is 4.11. The Labute approximate surface area is 170 Å². The van der Waals surface area contributed by atoms with Crippen LogP contribution in [0.2, 0.25) is 0 Å². The summed E-state index contributed by atoms with van der Waals surface area (Å²) in [6.45, 7) is 2.53. The zero-order valence-electron chi connectivity index (χ0n) is 15.5. The molecular formula is C21H15FN6S. The number of nitrogens with zero attached hydrogens (tertiary/aromatic N) is 6. The molecule has 6 nitrogen and oxygen atoms in total. The predicted octanol–water partition coefficient (Wildman–Crippen LogP) is 4.40. The lowest BCUT2D eigenvalue weighted by Crippen LogP contribution is -2.16. The molecule has 0 amide bonds. The molecule has 3 aromatic heterocycles. The fourth-order valence-electron chi connectivity index (χ4n) is 3.62. The van der Waals surface area contributed by atoms with Gasteiger partial charge in [0.25, 0.3) is 0 Å². The van der Waals surface area contributed by atoms with E-state index >= 15 is 0 Å². The van der Waals surface area contributed by atoms with Crippen LogP contribution in [-0.2, 0) is 6.42 Å². The maximum absolute atomic E-state index is 14.6. The first-order valence-corrected chi connectivity index (χ1v) is 9.95. The number of hydrogen-bond donors (Lipinski definition) is 0. The van der Waals surface area contributed by atoms with Crippen LogP contribution < -0.4 is 4.90 Å². The van der Waals surface area contributed by atoms with E-state index in [2.05, 4.69) is 15.1 Å². The van der Waals surface area contributed by atoms with Crippen molar-refractivity contribution < 1.29 is 4.39 Å². The van der Waals surface area contributed by atoms with E-state index in [0.717, 1.165) is 39.9 Å². The molecular weight excluding hydrogens is 387 g/mol. The molecule has 0 fully saturated rings. The minimum absolute atomic E-state index is 0.301. The van der Waals surface area contributed by atoms with E-state index in [-0.39, 0.29) is 0 Å². The number of fused-ring (bicyclic) bond motifs is 1. The fourth-order valence-corrected chi connectivity index (χ4v) is 4.22. The molecule has 1 aliphatic heterocycles. The summed E-state index contributed by atoms with van der Waals surface area (Å²) in [5.74, 6) is 0.307. The number of thiazole rings is 1. The van der Waals surface area contributed by atoms with Gasteiger partial charge < -0.3 is 4.90 Å². The van der Waals surface area contributed by atoms with Gasteiger partial charge in [-0.05, 0) is 43.7 Å². The Bertz CT molecular complexity index is 1250. The van der Waals surface area contributed by atoms with Crippen LogP contribution in [-0.4, -0.2) is 26.3 Å². The molecule has 0 spiro atoms. The van der Waals surface area contributed by atoms with E-state index in [1.165, 1.54) is 6.07 Å². The smallest absolute Gasteiger partial charge is 0.148 e. The van der Waals surface area contributed by atoms with E-state index in [1.807, 2.05) is 46.3 Å². The average molecular weight is 402 g/mol. The second-order valence-electron chi connectivity index (χ2n) is 6.75. The van der Waals surface area contributed by atoms with Crippen LogP contribution in [0.15, 0.2) is 48.1 Å². The molecule has 0 N–H and O–H groups in total. The molecule has 4 heterocycles. The Morgan fingerprint density at radius 1 is 1.21 bits per heavy atom. The summed E-state index contributed by atoms with van der Waals surface area (Å²) in [6, 6.07) is 10.4. The predicted molar refractivity (Wildman–Crippen MR) is 109 cm³/mol. The van der Waals surface area contributed by atoms with E-state index in [1.54, 1.807) is 29.7 Å². The van der Waals surface area contributed by atoms with Gasteiger partial charge in [-0.15, -0.1) is 11.3 Å². The third-order valence-electron chi connectivity index (χ3n) is 4.90. The van der Waals surface area contributed by atoms with Crippen molar-refractivity contribution in [2.45, 2.75) is 13.3 Å². The topological polar surface area (TPSA) is 70.6 Å². The van der Waals surface area contributed by atoms with Gasteiger partial charge in [0, 0.05) is 35.6 Å². The van der Waals surface area contributed by atoms with Gasteiger partial charge in [-0.3, -0.25) is 0 Å². The Morgan fingerprint density at radius 3 is 2.86 bits per heavy atom. The third kappa shape index (κ3) is 2.96. The summed E-state index contributed by atoms with van der Waals surface area (Å²) in [4.78, 5) is 10.9. The van der Waals surface area contributed by atoms with Crippen molar-refractivity contribution >= 4 is 22.8 Å². The lowest BCUT2D eigenvalue weighted by atomic mass is 10.1. The molecule has 0 aliphatic carbocycles. The molecule has 4 aromatic rings. The summed E-state index contributed by atoms with van der Waals surface area (Å²) in [5, 5.41) is 16.5. The number of pyridine rings is 1. The highest BCUT2D eigenvalue weighted by molar-refractivity contribution is 7.13. The lowest BCUT2D eigenvalue weighted by molar-refractivity contribution is 0.625. The molecule has 0 bridgehead atoms. The van der Waals surface area contributed by atoms with Crippen molar-refractivity contribution in [2.75, 3.05) is 11.4 Å². The maximum atomic E-state index is 14.6. The minimum atomic E-state index is -0.424. The summed E-state index contributed by atoms with van der Waals surface area (Å²) >= 11 is 1.54. The van der Waals surface area contributed by atoms with Gasteiger partial charge in [0.05, 0.1) is 23.0 Å². The minimum Gasteiger partial charge on any atom is -0.323 e. The van der Waals surface area contributed by atoms with Crippen molar-refractivity contribution in [2.24, 2.45) is 0 Å². The van der Waals surface area contributed by atoms with Crippen molar-refractivity contribution in [3.8, 4) is 22.5 Å². The van der Waals surface area contributed by atoms with E-state index in [0.29, 0.717) is 17.8 Å². The quantitative estimate of drug-likeness (QED) is 0.508. The highest BCUT2D eigenvalue weighted by Gasteiger charge is 2.28. The number of aryl methyl sites for hydroxylation is 1. The van der Waals surface area contributed by atoms with E-state index < -0.39 is 5.82 Å². The SMILES string of the molecule is Cc1cc(-n2ccc(-c3nccs3)n2)c2c(n1)N(c1ccc(C#N)cc1F)CC2. The Morgan fingerprint density at radius 2 is 2.10 bits per heavy atom.